The molecule has 110 valence electrons. The second-order valence-corrected chi connectivity index (χ2v) is 6.68. The Kier molecular flexibility index (Phi) is 2.44. The van der Waals surface area contributed by atoms with Gasteiger partial charge < -0.3 is 15.3 Å². The second kappa shape index (κ2) is 4.05. The topological polar surface area (TPSA) is 112 Å². The molecule has 22 heavy (non-hydrogen) atoms. The highest BCUT2D eigenvalue weighted by Gasteiger charge is 2.41. The third kappa shape index (κ3) is 1.36. The van der Waals surface area contributed by atoms with Gasteiger partial charge >= 0.3 is 17.9 Å². The van der Waals surface area contributed by atoms with Gasteiger partial charge in [0.2, 0.25) is 0 Å². The highest BCUT2D eigenvalue weighted by atomic mass is 32.1. The number of thiophene rings is 2. The first-order valence-corrected chi connectivity index (χ1v) is 7.87. The average molecular weight is 334 g/mol. The fraction of sp³-hybridized carbons (Fsp3) is 0.0714. The van der Waals surface area contributed by atoms with Crippen LogP contribution in [0.3, 0.4) is 0 Å². The van der Waals surface area contributed by atoms with Gasteiger partial charge in [0.15, 0.2) is 0 Å². The van der Waals surface area contributed by atoms with Crippen LogP contribution in [0.2, 0.25) is 0 Å². The van der Waals surface area contributed by atoms with Crippen molar-refractivity contribution in [3.05, 3.63) is 33.0 Å². The molecule has 2 heterocycles. The van der Waals surface area contributed by atoms with E-state index in [0.29, 0.717) is 25.9 Å². The molecule has 3 aromatic rings. The van der Waals surface area contributed by atoms with E-state index in [1.165, 1.54) is 5.38 Å². The van der Waals surface area contributed by atoms with Crippen LogP contribution in [0, 0.1) is 0 Å². The van der Waals surface area contributed by atoms with Gasteiger partial charge in [-0.05, 0) is 16.5 Å². The van der Waals surface area contributed by atoms with Crippen molar-refractivity contribution in [3.63, 3.8) is 0 Å². The lowest BCUT2D eigenvalue weighted by Crippen LogP contribution is -2.20. The molecular weight excluding hydrogens is 328 g/mol. The minimum Gasteiger partial charge on any atom is -0.481 e. The zero-order valence-electron chi connectivity index (χ0n) is 10.6. The van der Waals surface area contributed by atoms with Gasteiger partial charge in [-0.1, -0.05) is 0 Å². The summed E-state index contributed by atoms with van der Waals surface area (Å²) in [7, 11) is 0. The molecule has 0 bridgehead atoms. The van der Waals surface area contributed by atoms with Crippen LogP contribution in [0.1, 0.15) is 37.8 Å². The first-order chi connectivity index (χ1) is 10.4. The van der Waals surface area contributed by atoms with E-state index in [9.17, 15) is 29.7 Å². The Morgan fingerprint density at radius 1 is 0.909 bits per heavy atom. The summed E-state index contributed by atoms with van der Waals surface area (Å²) in [5.41, 5.74) is 1.00. The zero-order valence-corrected chi connectivity index (χ0v) is 12.2. The molecule has 6 nitrogen and oxygen atoms in total. The third-order valence-corrected chi connectivity index (χ3v) is 5.92. The normalized spacial score (nSPS) is 15.9. The van der Waals surface area contributed by atoms with Crippen molar-refractivity contribution in [1.29, 1.82) is 0 Å². The maximum Gasteiger partial charge on any atom is 0.337 e. The summed E-state index contributed by atoms with van der Waals surface area (Å²) >= 11 is 2.23. The van der Waals surface area contributed by atoms with Crippen molar-refractivity contribution in [2.45, 2.75) is 5.92 Å². The van der Waals surface area contributed by atoms with Gasteiger partial charge in [0.05, 0.1) is 15.8 Å². The van der Waals surface area contributed by atoms with Gasteiger partial charge in [-0.3, -0.25) is 4.79 Å². The quantitative estimate of drug-likeness (QED) is 0.679. The SMILES string of the molecule is O=C(O)c1csc2c3c4c(csc4c(C(=O)O)c12)C3C(=O)O. The second-order valence-electron chi connectivity index (χ2n) is 4.92. The van der Waals surface area contributed by atoms with E-state index in [4.69, 9.17) is 0 Å². The van der Waals surface area contributed by atoms with E-state index in [1.54, 1.807) is 5.38 Å². The summed E-state index contributed by atoms with van der Waals surface area (Å²) in [6.07, 6.45) is 0. The molecular formula is C14H6O6S2. The standard InChI is InChI=1S/C14H6O6S2/c15-12(16)4-2-22-10-6(4)9(14(19)20)11-5-3(1-21-11)7(8(5)10)13(17)18/h1-2,7H,(H,15,16)(H,17,18)(H,19,20). The first-order valence-electron chi connectivity index (χ1n) is 6.11. The molecule has 1 aliphatic carbocycles. The molecule has 2 aromatic heterocycles. The van der Waals surface area contributed by atoms with Crippen molar-refractivity contribution in [2.75, 3.05) is 0 Å². The Bertz CT molecular complexity index is 1030. The van der Waals surface area contributed by atoms with Crippen molar-refractivity contribution >= 4 is 60.8 Å². The van der Waals surface area contributed by atoms with Crippen LogP contribution >= 0.6 is 22.7 Å². The lowest BCUT2D eigenvalue weighted by atomic mass is 9.77. The Labute approximate surface area is 129 Å². The molecule has 0 saturated heterocycles. The lowest BCUT2D eigenvalue weighted by Gasteiger charge is -2.25. The molecule has 0 saturated carbocycles. The summed E-state index contributed by atoms with van der Waals surface area (Å²) < 4.78 is 0.893. The molecule has 0 radical (unpaired) electrons. The minimum atomic E-state index is -1.22. The number of carboxylic acid groups (broad SMARTS) is 3. The molecule has 8 heteroatoms. The maximum atomic E-state index is 11.6. The number of hydrogen-bond donors (Lipinski definition) is 3. The maximum absolute atomic E-state index is 11.6. The summed E-state index contributed by atoms with van der Waals surface area (Å²) in [4.78, 5) is 34.5. The molecule has 1 unspecified atom stereocenters. The molecule has 1 aromatic carbocycles. The van der Waals surface area contributed by atoms with Gasteiger partial charge in [-0.25, -0.2) is 9.59 Å². The van der Waals surface area contributed by atoms with Crippen LogP contribution in [0.15, 0.2) is 10.8 Å². The van der Waals surface area contributed by atoms with Crippen LogP contribution in [-0.2, 0) is 4.79 Å². The summed E-state index contributed by atoms with van der Waals surface area (Å²) in [6.45, 7) is 0. The summed E-state index contributed by atoms with van der Waals surface area (Å²) in [5.74, 6) is -4.25. The molecule has 1 atom stereocenters. The van der Waals surface area contributed by atoms with Gasteiger partial charge in [-0.15, -0.1) is 22.7 Å². The van der Waals surface area contributed by atoms with Crippen LogP contribution in [0.4, 0.5) is 0 Å². The predicted octanol–water partition coefficient (Wildman–Crippen LogP) is 3.04. The molecule has 0 amide bonds. The zero-order chi connectivity index (χ0) is 15.8. The van der Waals surface area contributed by atoms with Gasteiger partial charge in [0.1, 0.15) is 5.92 Å². The minimum absolute atomic E-state index is 0.0486. The van der Waals surface area contributed by atoms with Crippen LogP contribution < -0.4 is 0 Å². The van der Waals surface area contributed by atoms with Gasteiger partial charge in [0.25, 0.3) is 0 Å². The monoisotopic (exact) mass is 334 g/mol. The van der Waals surface area contributed by atoms with Crippen molar-refractivity contribution in [3.8, 4) is 0 Å². The number of fused-ring (bicyclic) bond motifs is 2. The Morgan fingerprint density at radius 2 is 1.59 bits per heavy atom. The van der Waals surface area contributed by atoms with Gasteiger partial charge in [-0.2, -0.15) is 0 Å². The van der Waals surface area contributed by atoms with E-state index in [1.807, 2.05) is 0 Å². The molecule has 0 fully saturated rings. The lowest BCUT2D eigenvalue weighted by molar-refractivity contribution is -0.137. The van der Waals surface area contributed by atoms with Crippen LogP contribution in [0.5, 0.6) is 0 Å². The number of carboxylic acids is 3. The highest BCUT2D eigenvalue weighted by molar-refractivity contribution is 7.20. The molecule has 3 N–H and O–H groups in total. The van der Waals surface area contributed by atoms with Crippen molar-refractivity contribution in [1.82, 2.24) is 0 Å². The number of aliphatic carboxylic acids is 1. The fourth-order valence-corrected chi connectivity index (χ4v) is 5.33. The Hall–Kier alpha value is -2.45. The Balaban J connectivity index is 2.26. The largest absolute Gasteiger partial charge is 0.481 e. The Morgan fingerprint density at radius 3 is 2.18 bits per heavy atom. The highest BCUT2D eigenvalue weighted by Crippen LogP contribution is 2.54. The molecule has 1 aliphatic rings. The first kappa shape index (κ1) is 13.2. The number of rotatable bonds is 3. The summed E-state index contributed by atoms with van der Waals surface area (Å²) in [5, 5.41) is 32.0. The van der Waals surface area contributed by atoms with E-state index in [2.05, 4.69) is 0 Å². The van der Waals surface area contributed by atoms with E-state index in [0.717, 1.165) is 22.7 Å². The molecule has 0 aliphatic heterocycles. The number of carbonyl (C=O) groups is 3. The number of hydrogen-bond acceptors (Lipinski definition) is 5. The van der Waals surface area contributed by atoms with Crippen LogP contribution in [-0.4, -0.2) is 33.2 Å². The van der Waals surface area contributed by atoms with E-state index < -0.39 is 23.8 Å². The number of benzene rings is 1. The van der Waals surface area contributed by atoms with Crippen LogP contribution in [0.25, 0.3) is 20.2 Å². The predicted molar refractivity (Wildman–Crippen MR) is 80.6 cm³/mol. The van der Waals surface area contributed by atoms with Gasteiger partial charge in [0, 0.05) is 20.9 Å². The number of aromatic carboxylic acids is 2. The smallest absolute Gasteiger partial charge is 0.337 e. The fourth-order valence-electron chi connectivity index (χ4n) is 3.05. The molecule has 4 rings (SSSR count). The van der Waals surface area contributed by atoms with E-state index >= 15 is 0 Å². The van der Waals surface area contributed by atoms with Crippen molar-refractivity contribution < 1.29 is 29.7 Å². The van der Waals surface area contributed by atoms with E-state index in [-0.39, 0.29) is 16.5 Å². The van der Waals surface area contributed by atoms with Crippen molar-refractivity contribution in [2.24, 2.45) is 0 Å². The third-order valence-electron chi connectivity index (χ3n) is 3.89. The average Bonchev–Trinajstić information content (AvgIpc) is 2.95. The summed E-state index contributed by atoms with van der Waals surface area (Å²) in [6, 6.07) is 0. The molecule has 0 spiro atoms.